The van der Waals surface area contributed by atoms with Gasteiger partial charge in [-0.3, -0.25) is 4.98 Å². The van der Waals surface area contributed by atoms with Crippen molar-refractivity contribution in [1.82, 2.24) is 10.3 Å². The number of pyridine rings is 1. The highest BCUT2D eigenvalue weighted by molar-refractivity contribution is 8.00. The zero-order chi connectivity index (χ0) is 14.4. The Bertz CT molecular complexity index is 408. The lowest BCUT2D eigenvalue weighted by Gasteiger charge is -2.34. The van der Waals surface area contributed by atoms with Crippen molar-refractivity contribution >= 4 is 17.4 Å². The van der Waals surface area contributed by atoms with Gasteiger partial charge in [-0.1, -0.05) is 20.8 Å². The summed E-state index contributed by atoms with van der Waals surface area (Å²) in [4.78, 5) is 6.85. The minimum atomic E-state index is 0.686. The van der Waals surface area contributed by atoms with Gasteiger partial charge in [0.1, 0.15) is 0 Å². The van der Waals surface area contributed by atoms with Crippen LogP contribution in [0.5, 0.6) is 0 Å². The maximum Gasteiger partial charge on any atom is 0.0443 e. The van der Waals surface area contributed by atoms with Gasteiger partial charge in [-0.25, -0.2) is 0 Å². The van der Waals surface area contributed by atoms with Gasteiger partial charge in [0, 0.05) is 54.3 Å². The van der Waals surface area contributed by atoms with Crippen molar-refractivity contribution in [3.63, 3.8) is 0 Å². The molecule has 2 heterocycles. The second-order valence-electron chi connectivity index (χ2n) is 5.88. The van der Waals surface area contributed by atoms with E-state index < -0.39 is 0 Å². The van der Waals surface area contributed by atoms with E-state index in [9.17, 15) is 0 Å². The normalized spacial score (nSPS) is 19.6. The molecule has 0 aliphatic carbocycles. The van der Waals surface area contributed by atoms with Crippen molar-refractivity contribution in [2.75, 3.05) is 30.3 Å². The molecule has 0 amide bonds. The molecule has 1 aliphatic heterocycles. The van der Waals surface area contributed by atoms with Crippen LogP contribution in [0, 0.1) is 5.92 Å². The van der Waals surface area contributed by atoms with E-state index in [0.29, 0.717) is 5.92 Å². The van der Waals surface area contributed by atoms with Gasteiger partial charge in [0.2, 0.25) is 0 Å². The smallest absolute Gasteiger partial charge is 0.0443 e. The second kappa shape index (κ2) is 7.89. The average Bonchev–Trinajstić information content (AvgIpc) is 2.47. The highest BCUT2D eigenvalue weighted by Crippen LogP contribution is 2.27. The average molecular weight is 293 g/mol. The molecular weight excluding hydrogens is 266 g/mol. The van der Waals surface area contributed by atoms with Gasteiger partial charge in [-0.05, 0) is 24.9 Å². The summed E-state index contributed by atoms with van der Waals surface area (Å²) in [5.74, 6) is 1.92. The summed E-state index contributed by atoms with van der Waals surface area (Å²) in [6, 6.07) is 2.18. The van der Waals surface area contributed by atoms with Gasteiger partial charge in [0.05, 0.1) is 0 Å². The van der Waals surface area contributed by atoms with E-state index in [2.05, 4.69) is 53.8 Å². The summed E-state index contributed by atoms with van der Waals surface area (Å²) in [5.41, 5.74) is 2.70. The molecule has 0 spiro atoms. The van der Waals surface area contributed by atoms with Crippen molar-refractivity contribution in [3.05, 3.63) is 24.0 Å². The molecule has 0 saturated carbocycles. The Labute approximate surface area is 127 Å². The summed E-state index contributed by atoms with van der Waals surface area (Å²) < 4.78 is 0. The largest absolute Gasteiger partial charge is 0.369 e. The predicted octanol–water partition coefficient (Wildman–Crippen LogP) is 3.16. The minimum Gasteiger partial charge on any atom is -0.369 e. The molecule has 1 atom stereocenters. The fourth-order valence-corrected chi connectivity index (χ4v) is 3.73. The number of nitrogens with one attached hydrogen (secondary N) is 1. The van der Waals surface area contributed by atoms with Crippen molar-refractivity contribution in [2.24, 2.45) is 5.92 Å². The van der Waals surface area contributed by atoms with Crippen molar-refractivity contribution in [1.29, 1.82) is 0 Å². The zero-order valence-electron chi connectivity index (χ0n) is 12.9. The van der Waals surface area contributed by atoms with Crippen LogP contribution in [0.4, 0.5) is 5.69 Å². The standard InChI is InChI=1S/C16H27N3S/c1-4-15-12-19(7-8-20-15)16-5-6-17-10-14(16)11-18-9-13(2)3/h5-6,10,13,15,18H,4,7-9,11-12H2,1-3H3. The Morgan fingerprint density at radius 1 is 1.50 bits per heavy atom. The first-order valence-electron chi connectivity index (χ1n) is 7.70. The summed E-state index contributed by atoms with van der Waals surface area (Å²) in [6.07, 6.45) is 5.20. The number of anilines is 1. The van der Waals surface area contributed by atoms with Gasteiger partial charge in [-0.15, -0.1) is 0 Å². The Kier molecular flexibility index (Phi) is 6.17. The van der Waals surface area contributed by atoms with Gasteiger partial charge in [0.25, 0.3) is 0 Å². The van der Waals surface area contributed by atoms with E-state index in [1.54, 1.807) is 0 Å². The third-order valence-electron chi connectivity index (χ3n) is 3.68. The lowest BCUT2D eigenvalue weighted by Crippen LogP contribution is -2.38. The quantitative estimate of drug-likeness (QED) is 0.872. The highest BCUT2D eigenvalue weighted by Gasteiger charge is 2.20. The van der Waals surface area contributed by atoms with Crippen LogP contribution in [0.3, 0.4) is 0 Å². The van der Waals surface area contributed by atoms with Crippen LogP contribution < -0.4 is 10.2 Å². The van der Waals surface area contributed by atoms with E-state index >= 15 is 0 Å². The van der Waals surface area contributed by atoms with Crippen LogP contribution in [-0.2, 0) is 6.54 Å². The topological polar surface area (TPSA) is 28.2 Å². The third-order valence-corrected chi connectivity index (χ3v) is 5.05. The molecule has 3 nitrogen and oxygen atoms in total. The first-order chi connectivity index (χ1) is 9.70. The molecule has 20 heavy (non-hydrogen) atoms. The van der Waals surface area contributed by atoms with Gasteiger partial charge in [0.15, 0.2) is 0 Å². The summed E-state index contributed by atoms with van der Waals surface area (Å²) >= 11 is 2.12. The van der Waals surface area contributed by atoms with Crippen LogP contribution >= 0.6 is 11.8 Å². The van der Waals surface area contributed by atoms with Crippen LogP contribution in [-0.4, -0.2) is 35.6 Å². The molecule has 0 radical (unpaired) electrons. The van der Waals surface area contributed by atoms with E-state index in [0.717, 1.165) is 24.9 Å². The molecule has 1 fully saturated rings. The molecule has 0 aromatic carbocycles. The molecule has 2 rings (SSSR count). The van der Waals surface area contributed by atoms with Crippen LogP contribution in [0.25, 0.3) is 0 Å². The molecule has 112 valence electrons. The number of nitrogens with zero attached hydrogens (tertiary/aromatic N) is 2. The second-order valence-corrected chi connectivity index (χ2v) is 7.28. The van der Waals surface area contributed by atoms with E-state index in [1.165, 1.54) is 30.0 Å². The van der Waals surface area contributed by atoms with E-state index in [1.807, 2.05) is 12.4 Å². The Morgan fingerprint density at radius 2 is 2.35 bits per heavy atom. The Morgan fingerprint density at radius 3 is 3.10 bits per heavy atom. The molecule has 1 unspecified atom stereocenters. The number of thioether (sulfide) groups is 1. The van der Waals surface area contributed by atoms with E-state index in [-0.39, 0.29) is 0 Å². The summed E-state index contributed by atoms with van der Waals surface area (Å²) in [5, 5.41) is 4.31. The molecule has 0 bridgehead atoms. The molecule has 1 N–H and O–H groups in total. The van der Waals surface area contributed by atoms with Gasteiger partial charge in [-0.2, -0.15) is 11.8 Å². The Balaban J connectivity index is 2.03. The highest BCUT2D eigenvalue weighted by atomic mass is 32.2. The summed E-state index contributed by atoms with van der Waals surface area (Å²) in [7, 11) is 0. The predicted molar refractivity (Wildman–Crippen MR) is 89.5 cm³/mol. The molecule has 1 aliphatic rings. The van der Waals surface area contributed by atoms with E-state index in [4.69, 9.17) is 0 Å². The SMILES string of the molecule is CCC1CN(c2ccncc2CNCC(C)C)CCS1. The molecule has 4 heteroatoms. The summed E-state index contributed by atoms with van der Waals surface area (Å²) in [6.45, 7) is 11.1. The number of rotatable bonds is 6. The first-order valence-corrected chi connectivity index (χ1v) is 8.75. The maximum absolute atomic E-state index is 4.31. The van der Waals surface area contributed by atoms with Crippen molar-refractivity contribution in [3.8, 4) is 0 Å². The molecule has 1 aromatic heterocycles. The van der Waals surface area contributed by atoms with Gasteiger partial charge >= 0.3 is 0 Å². The maximum atomic E-state index is 4.31. The Hall–Kier alpha value is -0.740. The lowest BCUT2D eigenvalue weighted by molar-refractivity contribution is 0.551. The number of aromatic nitrogens is 1. The van der Waals surface area contributed by atoms with Gasteiger partial charge < -0.3 is 10.2 Å². The van der Waals surface area contributed by atoms with Crippen LogP contribution in [0.2, 0.25) is 0 Å². The first kappa shape index (κ1) is 15.6. The van der Waals surface area contributed by atoms with Crippen LogP contribution in [0.15, 0.2) is 18.5 Å². The van der Waals surface area contributed by atoms with Crippen LogP contribution in [0.1, 0.15) is 32.8 Å². The molecular formula is C16H27N3S. The van der Waals surface area contributed by atoms with Crippen molar-refractivity contribution < 1.29 is 0 Å². The minimum absolute atomic E-state index is 0.686. The fraction of sp³-hybridized carbons (Fsp3) is 0.688. The molecule has 1 aromatic rings. The lowest BCUT2D eigenvalue weighted by atomic mass is 10.1. The third kappa shape index (κ3) is 4.38. The molecule has 1 saturated heterocycles. The number of hydrogen-bond donors (Lipinski definition) is 1. The van der Waals surface area contributed by atoms with Crippen molar-refractivity contribution in [2.45, 2.75) is 39.0 Å². The zero-order valence-corrected chi connectivity index (χ0v) is 13.7. The number of hydrogen-bond acceptors (Lipinski definition) is 4. The monoisotopic (exact) mass is 293 g/mol. The fourth-order valence-electron chi connectivity index (χ4n) is 2.55.